The maximum atomic E-state index is 15.4. The van der Waals surface area contributed by atoms with Crippen molar-refractivity contribution >= 4 is 22.5 Å². The number of nitrogens with zero attached hydrogens (tertiary/aromatic N) is 3. The van der Waals surface area contributed by atoms with E-state index in [-0.39, 0.29) is 58.4 Å². The molecule has 10 nitrogen and oxygen atoms in total. The van der Waals surface area contributed by atoms with E-state index in [4.69, 9.17) is 18.9 Å². The number of alkyl halides is 3. The average molecular weight is 723 g/mol. The largest absolute Gasteiger partial charge is 0.493 e. The highest BCUT2D eigenvalue weighted by atomic mass is 19.4. The number of hydrogen-bond donors (Lipinski definition) is 1. The minimum absolute atomic E-state index is 0.0253. The van der Waals surface area contributed by atoms with Crippen molar-refractivity contribution in [1.82, 2.24) is 14.5 Å². The smallest absolute Gasteiger partial charge is 0.419 e. The zero-order valence-electron chi connectivity index (χ0n) is 27.5. The van der Waals surface area contributed by atoms with Crippen molar-refractivity contribution in [3.63, 3.8) is 0 Å². The first-order chi connectivity index (χ1) is 25.0. The predicted molar refractivity (Wildman–Crippen MR) is 180 cm³/mol. The molecule has 52 heavy (non-hydrogen) atoms. The van der Waals surface area contributed by atoms with Crippen molar-refractivity contribution in [2.24, 2.45) is 0 Å². The summed E-state index contributed by atoms with van der Waals surface area (Å²) in [6, 6.07) is 12.0. The van der Waals surface area contributed by atoms with E-state index >= 15 is 4.39 Å². The normalized spacial score (nSPS) is 14.6. The molecule has 2 aromatic heterocycles. The van der Waals surface area contributed by atoms with E-state index in [0.29, 0.717) is 43.9 Å². The minimum atomic E-state index is -4.77. The molecular formula is C37H31F5N4O6. The molecule has 0 radical (unpaired) electrons. The molecule has 2 aliphatic heterocycles. The number of pyridine rings is 2. The number of amides is 1. The topological polar surface area (TPSA) is 104 Å². The van der Waals surface area contributed by atoms with Crippen molar-refractivity contribution in [3.05, 3.63) is 112 Å². The number of rotatable bonds is 10. The van der Waals surface area contributed by atoms with Gasteiger partial charge in [-0.05, 0) is 55.0 Å². The van der Waals surface area contributed by atoms with E-state index in [1.165, 1.54) is 65.5 Å². The van der Waals surface area contributed by atoms with Crippen LogP contribution in [-0.4, -0.2) is 66.4 Å². The number of benzene rings is 3. The Morgan fingerprint density at radius 3 is 2.48 bits per heavy atom. The molecule has 0 spiro atoms. The number of anilines is 1. The fourth-order valence-electron chi connectivity index (χ4n) is 6.10. The second kappa shape index (κ2) is 14.6. The van der Waals surface area contributed by atoms with Gasteiger partial charge in [-0.25, -0.2) is 8.78 Å². The van der Waals surface area contributed by atoms with Crippen LogP contribution < -0.4 is 25.1 Å². The summed E-state index contributed by atoms with van der Waals surface area (Å²) >= 11 is 0. The summed E-state index contributed by atoms with van der Waals surface area (Å²) in [6.45, 7) is 3.67. The van der Waals surface area contributed by atoms with Gasteiger partial charge in [-0.1, -0.05) is 0 Å². The van der Waals surface area contributed by atoms with Crippen molar-refractivity contribution in [2.45, 2.75) is 19.0 Å². The molecule has 1 N–H and O–H groups in total. The molecule has 0 saturated carbocycles. The van der Waals surface area contributed by atoms with Gasteiger partial charge in [-0.15, -0.1) is 0 Å². The Morgan fingerprint density at radius 2 is 1.73 bits per heavy atom. The second-order valence-corrected chi connectivity index (χ2v) is 12.1. The number of halogens is 5. The molecule has 3 aromatic carbocycles. The van der Waals surface area contributed by atoms with Crippen molar-refractivity contribution < 1.29 is 45.7 Å². The van der Waals surface area contributed by atoms with Gasteiger partial charge in [0.1, 0.15) is 28.6 Å². The van der Waals surface area contributed by atoms with Gasteiger partial charge >= 0.3 is 6.18 Å². The fraction of sp³-hybridized carbons (Fsp3) is 0.270. The summed E-state index contributed by atoms with van der Waals surface area (Å²) in [5.41, 5.74) is -1.05. The lowest BCUT2D eigenvalue weighted by molar-refractivity contribution is -0.138. The molecule has 5 aromatic rings. The number of morpholine rings is 1. The Hall–Kier alpha value is -5.54. The van der Waals surface area contributed by atoms with E-state index in [1.807, 2.05) is 0 Å². The Morgan fingerprint density at radius 1 is 0.942 bits per heavy atom. The molecule has 1 fully saturated rings. The monoisotopic (exact) mass is 722 g/mol. The first-order valence-electron chi connectivity index (χ1n) is 16.4. The molecule has 0 bridgehead atoms. The molecule has 7 rings (SSSR count). The van der Waals surface area contributed by atoms with Crippen LogP contribution >= 0.6 is 0 Å². The molecule has 15 heteroatoms. The van der Waals surface area contributed by atoms with Crippen LogP contribution in [0.4, 0.5) is 27.6 Å². The van der Waals surface area contributed by atoms with Gasteiger partial charge in [0.2, 0.25) is 0 Å². The van der Waals surface area contributed by atoms with Gasteiger partial charge in [-0.3, -0.25) is 24.0 Å². The third-order valence-corrected chi connectivity index (χ3v) is 8.68. The number of fused-ring (bicyclic) bond motifs is 2. The highest BCUT2D eigenvalue weighted by Crippen LogP contribution is 2.41. The van der Waals surface area contributed by atoms with Crippen LogP contribution in [0, 0.1) is 11.6 Å². The maximum Gasteiger partial charge on any atom is 0.419 e. The van der Waals surface area contributed by atoms with Crippen LogP contribution in [0.2, 0.25) is 0 Å². The summed E-state index contributed by atoms with van der Waals surface area (Å²) in [5, 5.41) is 2.48. The molecular weight excluding hydrogens is 691 g/mol. The zero-order chi connectivity index (χ0) is 36.4. The van der Waals surface area contributed by atoms with Gasteiger partial charge in [0, 0.05) is 72.9 Å². The average Bonchev–Trinajstić information content (AvgIpc) is 3.59. The predicted octanol–water partition coefficient (Wildman–Crippen LogP) is 6.76. The third-order valence-electron chi connectivity index (χ3n) is 8.68. The van der Waals surface area contributed by atoms with Gasteiger partial charge in [0.15, 0.2) is 11.6 Å². The Balaban J connectivity index is 1.10. The number of aromatic nitrogens is 2. The van der Waals surface area contributed by atoms with Gasteiger partial charge in [0.05, 0.1) is 37.5 Å². The van der Waals surface area contributed by atoms with Crippen LogP contribution in [0.25, 0.3) is 16.6 Å². The summed E-state index contributed by atoms with van der Waals surface area (Å²) in [5.74, 6) is -3.03. The molecule has 270 valence electrons. The molecule has 1 saturated heterocycles. The highest BCUT2D eigenvalue weighted by molar-refractivity contribution is 6.06. The van der Waals surface area contributed by atoms with Crippen molar-refractivity contribution in [1.29, 1.82) is 0 Å². The summed E-state index contributed by atoms with van der Waals surface area (Å²) in [4.78, 5) is 33.2. The summed E-state index contributed by atoms with van der Waals surface area (Å²) in [7, 11) is 0. The lowest BCUT2D eigenvalue weighted by Gasteiger charge is -2.26. The van der Waals surface area contributed by atoms with Crippen LogP contribution in [0.15, 0.2) is 77.9 Å². The van der Waals surface area contributed by atoms with Crippen molar-refractivity contribution in [2.75, 3.05) is 51.4 Å². The number of carbonyl (C=O) groups is 1. The maximum absolute atomic E-state index is 15.4. The third kappa shape index (κ3) is 7.41. The molecule has 0 aliphatic carbocycles. The number of hydrogen-bond acceptors (Lipinski definition) is 8. The molecule has 0 unspecified atom stereocenters. The minimum Gasteiger partial charge on any atom is -0.493 e. The van der Waals surface area contributed by atoms with E-state index in [1.54, 1.807) is 0 Å². The Kier molecular flexibility index (Phi) is 9.79. The number of carbonyl (C=O) groups excluding carboxylic acids is 1. The van der Waals surface area contributed by atoms with Crippen LogP contribution in [-0.2, 0) is 17.3 Å². The Bertz CT molecular complexity index is 2190. The fourth-order valence-corrected chi connectivity index (χ4v) is 6.10. The highest BCUT2D eigenvalue weighted by Gasteiger charge is 2.35. The summed E-state index contributed by atoms with van der Waals surface area (Å²) in [6.07, 6.45) is -0.980. The molecule has 0 atom stereocenters. The quantitative estimate of drug-likeness (QED) is 0.125. The lowest BCUT2D eigenvalue weighted by Crippen LogP contribution is -2.37. The van der Waals surface area contributed by atoms with Gasteiger partial charge < -0.3 is 24.3 Å². The first kappa shape index (κ1) is 34.9. The zero-order valence-corrected chi connectivity index (χ0v) is 27.5. The number of ether oxygens (including phenoxy) is 4. The second-order valence-electron chi connectivity index (χ2n) is 12.1. The van der Waals surface area contributed by atoms with E-state index in [9.17, 15) is 27.2 Å². The Labute approximate surface area is 293 Å². The van der Waals surface area contributed by atoms with E-state index in [2.05, 4.69) is 15.2 Å². The van der Waals surface area contributed by atoms with E-state index < -0.39 is 34.8 Å². The lowest BCUT2D eigenvalue weighted by atomic mass is 10.1. The molecule has 1 amide bonds. The summed E-state index contributed by atoms with van der Waals surface area (Å²) < 4.78 is 95.0. The standard InChI is InChI=1S/C37H31F5N4O6/c38-23-2-5-25(6-3-23)46-21-22-9-15-51-34(22)33(36(46)48)35(47)44-24-4-7-31(28(39)18-24)52-30-8-10-43-29-20-32(27(19-26(29)30)37(40,41)42)50-14-1-11-45-12-16-49-17-13-45/h2-8,10,18-21H,1,9,11-17H2,(H,44,47). The first-order valence-corrected chi connectivity index (χ1v) is 16.4. The van der Waals surface area contributed by atoms with E-state index in [0.717, 1.165) is 25.2 Å². The van der Waals surface area contributed by atoms with Gasteiger partial charge in [-0.2, -0.15) is 13.2 Å². The van der Waals surface area contributed by atoms with Crippen LogP contribution in [0.1, 0.15) is 27.9 Å². The van der Waals surface area contributed by atoms with Crippen molar-refractivity contribution in [3.8, 4) is 28.7 Å². The molecule has 4 heterocycles. The number of nitrogens with one attached hydrogen (secondary N) is 1. The SMILES string of the molecule is O=C(Nc1ccc(Oc2ccnc3cc(OCCCN4CCOCC4)c(C(F)(F)F)cc23)c(F)c1)c1c2c(cn(-c3ccc(F)cc3)c1=O)CCO2. The van der Waals surface area contributed by atoms with Crippen LogP contribution in [0.5, 0.6) is 23.0 Å². The van der Waals surface area contributed by atoms with Gasteiger partial charge in [0.25, 0.3) is 11.5 Å². The van der Waals surface area contributed by atoms with Crippen LogP contribution in [0.3, 0.4) is 0 Å². The molecule has 2 aliphatic rings.